The van der Waals surface area contributed by atoms with Gasteiger partial charge in [-0.05, 0) is 51.5 Å². The molecule has 6 nitrogen and oxygen atoms in total. The van der Waals surface area contributed by atoms with Gasteiger partial charge < -0.3 is 25.2 Å². The number of rotatable bonds is 7. The lowest BCUT2D eigenvalue weighted by Crippen LogP contribution is -2.37. The summed E-state index contributed by atoms with van der Waals surface area (Å²) in [5, 5.41) is 16.5. The van der Waals surface area contributed by atoms with Crippen LogP contribution in [0, 0.1) is 0 Å². The van der Waals surface area contributed by atoms with E-state index >= 15 is 0 Å². The summed E-state index contributed by atoms with van der Waals surface area (Å²) in [6, 6.07) is 13.3. The molecule has 160 valence electrons. The molecule has 0 saturated carbocycles. The molecule has 7 heteroatoms. The van der Waals surface area contributed by atoms with Gasteiger partial charge in [-0.1, -0.05) is 24.3 Å². The van der Waals surface area contributed by atoms with Crippen LogP contribution in [-0.2, 0) is 13.1 Å². The van der Waals surface area contributed by atoms with Crippen LogP contribution < -0.4 is 20.1 Å². The summed E-state index contributed by atoms with van der Waals surface area (Å²) < 4.78 is 11.1. The van der Waals surface area contributed by atoms with Crippen LogP contribution in [0.2, 0.25) is 0 Å². The summed E-state index contributed by atoms with van der Waals surface area (Å²) in [5.74, 6) is 2.12. The molecule has 0 aliphatic carbocycles. The minimum Gasteiger partial charge on any atom is -0.504 e. The van der Waals surface area contributed by atoms with Crippen LogP contribution in [0.4, 0.5) is 0 Å². The van der Waals surface area contributed by atoms with Crippen LogP contribution in [-0.4, -0.2) is 30.3 Å². The summed E-state index contributed by atoms with van der Waals surface area (Å²) in [6.45, 7) is 9.90. The summed E-state index contributed by atoms with van der Waals surface area (Å²) >= 11 is 0. The number of hydrogen-bond acceptors (Lipinski definition) is 4. The molecular weight excluding hydrogens is 481 g/mol. The van der Waals surface area contributed by atoms with Crippen molar-refractivity contribution in [3.63, 3.8) is 0 Å². The number of aromatic hydroxyl groups is 1. The first kappa shape index (κ1) is 24.9. The Labute approximate surface area is 190 Å². The molecule has 0 radical (unpaired) electrons. The van der Waals surface area contributed by atoms with E-state index in [0.29, 0.717) is 24.8 Å². The Balaban J connectivity index is 0.00000420. The highest BCUT2D eigenvalue weighted by Gasteiger charge is 2.14. The number of nitrogens with one attached hydrogen (secondary N) is 2. The lowest BCUT2D eigenvalue weighted by Gasteiger charge is -2.23. The van der Waals surface area contributed by atoms with Gasteiger partial charge in [-0.15, -0.1) is 24.0 Å². The molecule has 2 aromatic rings. The lowest BCUT2D eigenvalue weighted by molar-refractivity contribution is 0.129. The van der Waals surface area contributed by atoms with E-state index in [2.05, 4.69) is 15.6 Å². The Kier molecular flexibility index (Phi) is 10.1. The van der Waals surface area contributed by atoms with Gasteiger partial charge in [-0.3, -0.25) is 0 Å². The van der Waals surface area contributed by atoms with Crippen molar-refractivity contribution in [1.29, 1.82) is 0 Å². The smallest absolute Gasteiger partial charge is 0.191 e. The normalized spacial score (nSPS) is 11.4. The van der Waals surface area contributed by atoms with Crippen LogP contribution in [0.5, 0.6) is 17.2 Å². The van der Waals surface area contributed by atoms with Crippen molar-refractivity contribution in [1.82, 2.24) is 10.6 Å². The molecule has 0 amide bonds. The van der Waals surface area contributed by atoms with E-state index in [4.69, 9.17) is 9.47 Å². The first-order valence-electron chi connectivity index (χ1n) is 9.47. The Bertz CT molecular complexity index is 804. The average molecular weight is 513 g/mol. The molecule has 0 aliphatic rings. The fourth-order valence-electron chi connectivity index (χ4n) is 2.60. The molecule has 2 aromatic carbocycles. The molecule has 0 unspecified atom stereocenters. The minimum absolute atomic E-state index is 0. The van der Waals surface area contributed by atoms with Crippen LogP contribution in [0.25, 0.3) is 0 Å². The zero-order chi connectivity index (χ0) is 20.6. The number of para-hydroxylation sites is 1. The number of benzene rings is 2. The van der Waals surface area contributed by atoms with Gasteiger partial charge in [0.25, 0.3) is 0 Å². The van der Waals surface area contributed by atoms with Crippen LogP contribution in [0.15, 0.2) is 47.5 Å². The maximum absolute atomic E-state index is 9.92. The molecule has 0 heterocycles. The molecule has 0 saturated heterocycles. The van der Waals surface area contributed by atoms with Crippen molar-refractivity contribution in [2.45, 2.75) is 46.4 Å². The van der Waals surface area contributed by atoms with E-state index in [-0.39, 0.29) is 35.3 Å². The first-order valence-corrected chi connectivity index (χ1v) is 9.47. The standard InChI is InChI=1S/C22H31N3O3.HI/c1-6-23-21(24-14-16-11-12-20(27-5)18(26)13-16)25-15-17-9-7-8-10-19(17)28-22(2,3)4;/h7-13,26H,6,14-15H2,1-5H3,(H2,23,24,25);1H. The third-order valence-corrected chi connectivity index (χ3v) is 3.84. The molecule has 0 aliphatic heterocycles. The van der Waals surface area contributed by atoms with Crippen molar-refractivity contribution in [3.05, 3.63) is 53.6 Å². The maximum atomic E-state index is 9.92. The summed E-state index contributed by atoms with van der Waals surface area (Å²) in [5.41, 5.74) is 1.70. The molecule has 0 spiro atoms. The zero-order valence-corrected chi connectivity index (χ0v) is 20.1. The SMILES string of the molecule is CCNC(=NCc1ccc(OC)c(O)c1)NCc1ccccc1OC(C)(C)C.I. The Morgan fingerprint density at radius 3 is 2.41 bits per heavy atom. The predicted octanol–water partition coefficient (Wildman–Crippen LogP) is 4.45. The summed E-state index contributed by atoms with van der Waals surface area (Å²) in [7, 11) is 1.53. The van der Waals surface area contributed by atoms with Crippen molar-refractivity contribution in [2.75, 3.05) is 13.7 Å². The van der Waals surface area contributed by atoms with Crippen LogP contribution in [0.3, 0.4) is 0 Å². The van der Waals surface area contributed by atoms with Gasteiger partial charge in [0, 0.05) is 18.7 Å². The van der Waals surface area contributed by atoms with Gasteiger partial charge in [-0.2, -0.15) is 0 Å². The van der Waals surface area contributed by atoms with E-state index < -0.39 is 0 Å². The van der Waals surface area contributed by atoms with Gasteiger partial charge in [0.05, 0.1) is 13.7 Å². The van der Waals surface area contributed by atoms with E-state index in [1.807, 2.05) is 58.0 Å². The highest BCUT2D eigenvalue weighted by Crippen LogP contribution is 2.26. The number of aliphatic imine (C=N–C) groups is 1. The second-order valence-corrected chi connectivity index (χ2v) is 7.38. The number of guanidine groups is 1. The predicted molar refractivity (Wildman–Crippen MR) is 129 cm³/mol. The van der Waals surface area contributed by atoms with Gasteiger partial charge in [0.1, 0.15) is 11.4 Å². The number of phenols is 1. The monoisotopic (exact) mass is 513 g/mol. The topological polar surface area (TPSA) is 75.1 Å². The fourth-order valence-corrected chi connectivity index (χ4v) is 2.60. The minimum atomic E-state index is -0.259. The highest BCUT2D eigenvalue weighted by atomic mass is 127. The number of ether oxygens (including phenoxy) is 2. The largest absolute Gasteiger partial charge is 0.504 e. The van der Waals surface area contributed by atoms with Crippen LogP contribution >= 0.6 is 24.0 Å². The van der Waals surface area contributed by atoms with E-state index in [1.54, 1.807) is 12.1 Å². The van der Waals surface area contributed by atoms with Crippen molar-refractivity contribution in [2.24, 2.45) is 4.99 Å². The summed E-state index contributed by atoms with van der Waals surface area (Å²) in [4.78, 5) is 4.60. The Morgan fingerprint density at radius 1 is 1.07 bits per heavy atom. The van der Waals surface area contributed by atoms with Crippen molar-refractivity contribution in [3.8, 4) is 17.2 Å². The second-order valence-electron chi connectivity index (χ2n) is 7.38. The molecule has 0 fully saturated rings. The van der Waals surface area contributed by atoms with Crippen molar-refractivity contribution < 1.29 is 14.6 Å². The Morgan fingerprint density at radius 2 is 1.79 bits per heavy atom. The number of phenolic OH excluding ortho intramolecular Hbond substituents is 1. The van der Waals surface area contributed by atoms with Gasteiger partial charge in [0.15, 0.2) is 17.5 Å². The van der Waals surface area contributed by atoms with Gasteiger partial charge in [-0.25, -0.2) is 4.99 Å². The summed E-state index contributed by atoms with van der Waals surface area (Å²) in [6.07, 6.45) is 0. The number of methoxy groups -OCH3 is 1. The van der Waals surface area contributed by atoms with Crippen LogP contribution in [0.1, 0.15) is 38.8 Å². The molecule has 2 rings (SSSR count). The molecule has 29 heavy (non-hydrogen) atoms. The number of hydrogen-bond donors (Lipinski definition) is 3. The molecule has 0 atom stereocenters. The second kappa shape index (κ2) is 11.7. The van der Waals surface area contributed by atoms with E-state index in [1.165, 1.54) is 7.11 Å². The average Bonchev–Trinajstić information content (AvgIpc) is 2.64. The van der Waals surface area contributed by atoms with Gasteiger partial charge in [0.2, 0.25) is 0 Å². The fraction of sp³-hybridized carbons (Fsp3) is 0.409. The highest BCUT2D eigenvalue weighted by molar-refractivity contribution is 14.0. The maximum Gasteiger partial charge on any atom is 0.191 e. The van der Waals surface area contributed by atoms with Gasteiger partial charge >= 0.3 is 0 Å². The Hall–Kier alpha value is -2.16. The molecular formula is C22H32IN3O3. The first-order chi connectivity index (χ1) is 13.3. The molecule has 0 aromatic heterocycles. The number of nitrogens with zero attached hydrogens (tertiary/aromatic N) is 1. The van der Waals surface area contributed by atoms with Crippen molar-refractivity contribution >= 4 is 29.9 Å². The quantitative estimate of drug-likeness (QED) is 0.290. The third-order valence-electron chi connectivity index (χ3n) is 3.84. The zero-order valence-electron chi connectivity index (χ0n) is 17.8. The molecule has 0 bridgehead atoms. The lowest BCUT2D eigenvalue weighted by atomic mass is 10.1. The van der Waals surface area contributed by atoms with E-state index in [0.717, 1.165) is 23.4 Å². The third kappa shape index (κ3) is 8.39. The number of halogens is 1. The van der Waals surface area contributed by atoms with E-state index in [9.17, 15) is 5.11 Å². The molecule has 3 N–H and O–H groups in total.